The van der Waals surface area contributed by atoms with E-state index in [4.69, 9.17) is 5.73 Å². The predicted molar refractivity (Wildman–Crippen MR) is 78.9 cm³/mol. The van der Waals surface area contributed by atoms with Gasteiger partial charge >= 0.3 is 0 Å². The van der Waals surface area contributed by atoms with Crippen LogP contribution in [0, 0.1) is 0 Å². The molecule has 1 aromatic heterocycles. The van der Waals surface area contributed by atoms with Gasteiger partial charge in [0, 0.05) is 19.3 Å². The van der Waals surface area contributed by atoms with Crippen molar-refractivity contribution in [3.8, 4) is 5.75 Å². The van der Waals surface area contributed by atoms with Gasteiger partial charge in [-0.1, -0.05) is 24.3 Å². The Kier molecular flexibility index (Phi) is 3.58. The number of nitrogens with two attached hydrogens (primary N) is 1. The lowest BCUT2D eigenvalue weighted by atomic mass is 9.92. The highest BCUT2D eigenvalue weighted by molar-refractivity contribution is 5.97. The number of carbonyl (C=O) groups excluding carboxylic acids is 1. The molecule has 1 atom stereocenters. The number of pyridine rings is 1. The van der Waals surface area contributed by atoms with E-state index in [-0.39, 0.29) is 23.3 Å². The summed E-state index contributed by atoms with van der Waals surface area (Å²) < 4.78 is 0. The van der Waals surface area contributed by atoms with Crippen LogP contribution in [0.1, 0.15) is 27.5 Å². The van der Waals surface area contributed by atoms with E-state index in [2.05, 4.69) is 11.1 Å². The van der Waals surface area contributed by atoms with Crippen molar-refractivity contribution in [1.82, 2.24) is 9.88 Å². The zero-order chi connectivity index (χ0) is 14.8. The summed E-state index contributed by atoms with van der Waals surface area (Å²) in [6.45, 7) is 0.952. The smallest absolute Gasteiger partial charge is 0.258 e. The van der Waals surface area contributed by atoms with Crippen molar-refractivity contribution in [1.29, 1.82) is 0 Å². The minimum atomic E-state index is -0.208. The van der Waals surface area contributed by atoms with Crippen molar-refractivity contribution in [2.45, 2.75) is 12.5 Å². The van der Waals surface area contributed by atoms with Crippen LogP contribution in [0.3, 0.4) is 0 Å². The van der Waals surface area contributed by atoms with Crippen molar-refractivity contribution in [2.24, 2.45) is 5.73 Å². The molecule has 1 unspecified atom stereocenters. The second kappa shape index (κ2) is 5.54. The molecule has 5 nitrogen and oxygen atoms in total. The van der Waals surface area contributed by atoms with E-state index in [9.17, 15) is 9.90 Å². The maximum atomic E-state index is 12.7. The van der Waals surface area contributed by atoms with Crippen LogP contribution >= 0.6 is 0 Å². The second-order valence-corrected chi connectivity index (χ2v) is 5.09. The molecular weight excluding hydrogens is 266 g/mol. The van der Waals surface area contributed by atoms with Gasteiger partial charge in [0.1, 0.15) is 5.75 Å². The van der Waals surface area contributed by atoms with Crippen molar-refractivity contribution in [3.05, 3.63) is 59.4 Å². The van der Waals surface area contributed by atoms with Crippen LogP contribution in [0.2, 0.25) is 0 Å². The minimum absolute atomic E-state index is 0.0999. The first-order chi connectivity index (χ1) is 10.2. The quantitative estimate of drug-likeness (QED) is 0.875. The maximum absolute atomic E-state index is 12.7. The summed E-state index contributed by atoms with van der Waals surface area (Å²) in [4.78, 5) is 18.2. The van der Waals surface area contributed by atoms with E-state index in [0.29, 0.717) is 13.1 Å². The van der Waals surface area contributed by atoms with Gasteiger partial charge in [0.2, 0.25) is 0 Å². The lowest BCUT2D eigenvalue weighted by molar-refractivity contribution is 0.0664. The number of fused-ring (bicyclic) bond motifs is 1. The highest BCUT2D eigenvalue weighted by atomic mass is 16.3. The van der Waals surface area contributed by atoms with Gasteiger partial charge in [-0.05, 0) is 23.6 Å². The third kappa shape index (κ3) is 2.36. The summed E-state index contributed by atoms with van der Waals surface area (Å²) in [7, 11) is 0. The first-order valence-electron chi connectivity index (χ1n) is 6.94. The zero-order valence-electron chi connectivity index (χ0n) is 11.6. The molecule has 108 valence electrons. The van der Waals surface area contributed by atoms with Crippen molar-refractivity contribution >= 4 is 5.91 Å². The van der Waals surface area contributed by atoms with Crippen LogP contribution in [0.5, 0.6) is 5.75 Å². The zero-order valence-corrected chi connectivity index (χ0v) is 11.6. The number of nitrogens with zero attached hydrogens (tertiary/aromatic N) is 2. The molecule has 21 heavy (non-hydrogen) atoms. The molecule has 1 amide bonds. The molecule has 0 aliphatic carbocycles. The van der Waals surface area contributed by atoms with Gasteiger partial charge in [-0.3, -0.25) is 9.78 Å². The van der Waals surface area contributed by atoms with E-state index in [0.717, 1.165) is 12.0 Å². The van der Waals surface area contributed by atoms with E-state index < -0.39 is 0 Å². The van der Waals surface area contributed by atoms with Gasteiger partial charge in [-0.2, -0.15) is 0 Å². The van der Waals surface area contributed by atoms with E-state index in [1.165, 1.54) is 24.0 Å². The molecule has 0 saturated heterocycles. The number of carbonyl (C=O) groups is 1. The Bertz CT molecular complexity index is 672. The number of rotatable bonds is 2. The molecule has 5 heteroatoms. The monoisotopic (exact) mass is 283 g/mol. The Morgan fingerprint density at radius 2 is 2.19 bits per heavy atom. The molecule has 0 spiro atoms. The molecule has 0 saturated carbocycles. The molecule has 1 aliphatic rings. The maximum Gasteiger partial charge on any atom is 0.258 e. The van der Waals surface area contributed by atoms with E-state index in [1.54, 1.807) is 4.90 Å². The lowest BCUT2D eigenvalue weighted by Gasteiger charge is -2.36. The summed E-state index contributed by atoms with van der Waals surface area (Å²) in [5, 5.41) is 9.82. The number of aromatic hydroxyl groups is 1. The summed E-state index contributed by atoms with van der Waals surface area (Å²) in [5.41, 5.74) is 8.48. The van der Waals surface area contributed by atoms with Crippen LogP contribution in [0.15, 0.2) is 42.7 Å². The van der Waals surface area contributed by atoms with Gasteiger partial charge in [-0.15, -0.1) is 0 Å². The van der Waals surface area contributed by atoms with Gasteiger partial charge in [0.05, 0.1) is 17.8 Å². The van der Waals surface area contributed by atoms with Crippen molar-refractivity contribution < 1.29 is 9.90 Å². The van der Waals surface area contributed by atoms with Crippen LogP contribution in [-0.4, -0.2) is 34.0 Å². The van der Waals surface area contributed by atoms with Crippen molar-refractivity contribution in [2.75, 3.05) is 13.1 Å². The van der Waals surface area contributed by atoms with Gasteiger partial charge in [0.25, 0.3) is 5.91 Å². The Balaban J connectivity index is 1.96. The lowest BCUT2D eigenvalue weighted by Crippen LogP contribution is -2.43. The fourth-order valence-corrected chi connectivity index (χ4v) is 2.87. The number of amides is 1. The Labute approximate surface area is 123 Å². The molecule has 2 heterocycles. The average molecular weight is 283 g/mol. The largest absolute Gasteiger partial charge is 0.505 e. The summed E-state index contributed by atoms with van der Waals surface area (Å²) in [6.07, 6.45) is 3.58. The van der Waals surface area contributed by atoms with E-state index in [1.807, 2.05) is 18.2 Å². The highest BCUT2D eigenvalue weighted by Gasteiger charge is 2.31. The predicted octanol–water partition coefficient (Wildman–Crippen LogP) is 1.49. The van der Waals surface area contributed by atoms with Crippen LogP contribution in [0.25, 0.3) is 0 Å². The normalized spacial score (nSPS) is 17.4. The fraction of sp³-hybridized carbons (Fsp3) is 0.250. The van der Waals surface area contributed by atoms with Crippen LogP contribution < -0.4 is 5.73 Å². The number of hydrogen-bond donors (Lipinski definition) is 2. The number of hydrogen-bond acceptors (Lipinski definition) is 4. The number of aromatic nitrogens is 1. The second-order valence-electron chi connectivity index (χ2n) is 5.09. The summed E-state index contributed by atoms with van der Waals surface area (Å²) >= 11 is 0. The molecule has 0 bridgehead atoms. The summed E-state index contributed by atoms with van der Waals surface area (Å²) in [5.74, 6) is -0.308. The van der Waals surface area contributed by atoms with Gasteiger partial charge in [-0.25, -0.2) is 0 Å². The molecule has 0 fully saturated rings. The standard InChI is InChI=1S/C16H17N3O2/c17-9-14-12-4-2-1-3-11(12)6-8-19(14)16(21)13-5-7-18-10-15(13)20/h1-5,7,10,14,20H,6,8-9,17H2. The van der Waals surface area contributed by atoms with Gasteiger partial charge < -0.3 is 15.7 Å². The Hall–Kier alpha value is -2.40. The molecule has 0 radical (unpaired) electrons. The van der Waals surface area contributed by atoms with Crippen molar-refractivity contribution in [3.63, 3.8) is 0 Å². The SMILES string of the molecule is NCC1c2ccccc2CCN1C(=O)c1ccncc1O. The minimum Gasteiger partial charge on any atom is -0.505 e. The molecule has 1 aliphatic heterocycles. The first-order valence-corrected chi connectivity index (χ1v) is 6.94. The third-order valence-electron chi connectivity index (χ3n) is 3.93. The average Bonchev–Trinajstić information content (AvgIpc) is 2.53. The summed E-state index contributed by atoms with van der Waals surface area (Å²) in [6, 6.07) is 9.42. The Morgan fingerprint density at radius 3 is 2.95 bits per heavy atom. The first kappa shape index (κ1) is 13.6. The molecular formula is C16H17N3O2. The molecule has 1 aromatic carbocycles. The molecule has 3 N–H and O–H groups in total. The number of benzene rings is 1. The third-order valence-corrected chi connectivity index (χ3v) is 3.93. The highest BCUT2D eigenvalue weighted by Crippen LogP contribution is 2.31. The van der Waals surface area contributed by atoms with Crippen LogP contribution in [0.4, 0.5) is 0 Å². The Morgan fingerprint density at radius 1 is 1.38 bits per heavy atom. The fourth-order valence-electron chi connectivity index (χ4n) is 2.87. The topological polar surface area (TPSA) is 79.5 Å². The molecule has 2 aromatic rings. The van der Waals surface area contributed by atoms with E-state index >= 15 is 0 Å². The van der Waals surface area contributed by atoms with Crippen LogP contribution in [-0.2, 0) is 6.42 Å². The molecule has 3 rings (SSSR count). The van der Waals surface area contributed by atoms with Gasteiger partial charge in [0.15, 0.2) is 0 Å².